The lowest BCUT2D eigenvalue weighted by atomic mass is 10.4. The molecule has 0 saturated carbocycles. The largest absolute Gasteiger partial charge is 0.395 e. The number of nitrogens with zero attached hydrogens (tertiary/aromatic N) is 1. The number of hydrogen-bond donors (Lipinski definition) is 3. The average Bonchev–Trinajstić information content (AvgIpc) is 2.00. The molecule has 0 rings (SSSR count). The van der Waals surface area contributed by atoms with Crippen molar-refractivity contribution in [2.75, 3.05) is 19.7 Å². The summed E-state index contributed by atoms with van der Waals surface area (Å²) < 4.78 is 30.1. The Morgan fingerprint density at radius 3 is 2.36 bits per heavy atom. The first-order valence-electron chi connectivity index (χ1n) is 3.88. The first-order valence-corrected chi connectivity index (χ1v) is 5.39. The predicted octanol–water partition coefficient (Wildman–Crippen LogP) is -2.00. The maximum atomic E-state index is 10.7. The van der Waals surface area contributed by atoms with Crippen LogP contribution in [0.25, 0.3) is 0 Å². The molecule has 0 aromatic carbocycles. The van der Waals surface area contributed by atoms with Gasteiger partial charge in [0.15, 0.2) is 0 Å². The van der Waals surface area contributed by atoms with Crippen LogP contribution in [0.5, 0.6) is 0 Å². The molecule has 0 saturated heterocycles. The number of carbonyl (C=O) groups is 1. The van der Waals surface area contributed by atoms with Gasteiger partial charge in [-0.1, -0.05) is 0 Å². The van der Waals surface area contributed by atoms with E-state index in [2.05, 4.69) is 0 Å². The third kappa shape index (κ3) is 4.51. The van der Waals surface area contributed by atoms with Crippen LogP contribution in [0, 0.1) is 0 Å². The molecule has 7 nitrogen and oxygen atoms in total. The lowest BCUT2D eigenvalue weighted by molar-refractivity contribution is -0.119. The molecule has 8 heteroatoms. The van der Waals surface area contributed by atoms with Crippen LogP contribution in [-0.4, -0.2) is 54.0 Å². The second kappa shape index (κ2) is 5.25. The van der Waals surface area contributed by atoms with Crippen molar-refractivity contribution in [3.05, 3.63) is 0 Å². The number of primary amides is 1. The molecule has 1 atom stereocenters. The van der Waals surface area contributed by atoms with Crippen LogP contribution in [0.1, 0.15) is 6.92 Å². The van der Waals surface area contributed by atoms with Gasteiger partial charge in [0.25, 0.3) is 10.1 Å². The maximum Gasteiger partial charge on any atom is 0.281 e. The van der Waals surface area contributed by atoms with E-state index in [9.17, 15) is 13.2 Å². The molecule has 14 heavy (non-hydrogen) atoms. The number of rotatable bonds is 6. The number of aliphatic hydroxyl groups excluding tert-OH is 1. The van der Waals surface area contributed by atoms with Gasteiger partial charge < -0.3 is 10.8 Å². The van der Waals surface area contributed by atoms with Crippen LogP contribution in [0.4, 0.5) is 0 Å². The van der Waals surface area contributed by atoms with Crippen molar-refractivity contribution < 1.29 is 22.9 Å². The van der Waals surface area contributed by atoms with Crippen LogP contribution in [0.15, 0.2) is 0 Å². The lowest BCUT2D eigenvalue weighted by Gasteiger charge is -2.24. The van der Waals surface area contributed by atoms with Gasteiger partial charge in [0.2, 0.25) is 5.91 Å². The highest BCUT2D eigenvalue weighted by Gasteiger charge is 2.25. The zero-order valence-corrected chi connectivity index (χ0v) is 8.57. The van der Waals surface area contributed by atoms with Crippen molar-refractivity contribution in [3.8, 4) is 0 Å². The monoisotopic (exact) mass is 226 g/mol. The molecule has 84 valence electrons. The molecule has 1 amide bonds. The zero-order valence-electron chi connectivity index (χ0n) is 7.75. The van der Waals surface area contributed by atoms with Crippen molar-refractivity contribution in [2.45, 2.75) is 12.3 Å². The minimum atomic E-state index is -4.26. The van der Waals surface area contributed by atoms with Gasteiger partial charge in [0.1, 0.15) is 5.37 Å². The lowest BCUT2D eigenvalue weighted by Crippen LogP contribution is -2.44. The summed E-state index contributed by atoms with van der Waals surface area (Å²) in [6.45, 7) is 0.493. The molecule has 0 aromatic rings. The van der Waals surface area contributed by atoms with Crippen molar-refractivity contribution in [3.63, 3.8) is 0 Å². The highest BCUT2D eigenvalue weighted by atomic mass is 32.2. The highest BCUT2D eigenvalue weighted by molar-refractivity contribution is 7.86. The average molecular weight is 226 g/mol. The summed E-state index contributed by atoms with van der Waals surface area (Å²) in [7, 11) is -4.26. The van der Waals surface area contributed by atoms with E-state index in [0.717, 1.165) is 4.90 Å². The Labute approximate surface area is 82.2 Å². The summed E-state index contributed by atoms with van der Waals surface area (Å²) >= 11 is 0. The number of hydrogen-bond acceptors (Lipinski definition) is 5. The summed E-state index contributed by atoms with van der Waals surface area (Å²) in [4.78, 5) is 11.6. The number of aliphatic hydroxyl groups is 1. The van der Waals surface area contributed by atoms with Gasteiger partial charge in [-0.05, 0) is 6.92 Å². The first-order chi connectivity index (χ1) is 6.29. The Morgan fingerprint density at radius 1 is 1.57 bits per heavy atom. The molecule has 0 spiro atoms. The first kappa shape index (κ1) is 13.3. The van der Waals surface area contributed by atoms with Crippen molar-refractivity contribution in [1.29, 1.82) is 0 Å². The van der Waals surface area contributed by atoms with Gasteiger partial charge in [-0.15, -0.1) is 0 Å². The molecular formula is C6H14N2O5S. The summed E-state index contributed by atoms with van der Waals surface area (Å²) in [6, 6.07) is 0. The SMILES string of the molecule is CC(N(CCO)CC(N)=O)S(=O)(=O)O. The van der Waals surface area contributed by atoms with E-state index in [4.69, 9.17) is 15.4 Å². The van der Waals surface area contributed by atoms with Gasteiger partial charge in [-0.2, -0.15) is 8.42 Å². The standard InChI is InChI=1S/C6H14N2O5S/c1-5(14(11,12)13)8(2-3-9)4-6(7)10/h5,9H,2-4H2,1H3,(H2,7,10)(H,11,12,13). The second-order valence-corrected chi connectivity index (χ2v) is 4.49. The predicted molar refractivity (Wildman–Crippen MR) is 48.9 cm³/mol. The topological polar surface area (TPSA) is 121 Å². The molecule has 0 radical (unpaired) electrons. The van der Waals surface area contributed by atoms with Crippen molar-refractivity contribution in [2.24, 2.45) is 5.73 Å². The fraction of sp³-hybridized carbons (Fsp3) is 0.833. The van der Waals surface area contributed by atoms with Gasteiger partial charge >= 0.3 is 0 Å². The molecule has 0 heterocycles. The van der Waals surface area contributed by atoms with Gasteiger partial charge in [-0.25, -0.2) is 0 Å². The molecule has 0 aromatic heterocycles. The third-order valence-corrected chi connectivity index (χ3v) is 2.85. The van der Waals surface area contributed by atoms with Gasteiger partial charge in [0.05, 0.1) is 13.2 Å². The molecule has 0 aliphatic rings. The molecule has 0 aliphatic heterocycles. The molecule has 0 aliphatic carbocycles. The number of amides is 1. The smallest absolute Gasteiger partial charge is 0.281 e. The maximum absolute atomic E-state index is 10.7. The summed E-state index contributed by atoms with van der Waals surface area (Å²) in [5, 5.41) is 7.33. The van der Waals surface area contributed by atoms with Gasteiger partial charge in [-0.3, -0.25) is 14.2 Å². The minimum Gasteiger partial charge on any atom is -0.395 e. The Balaban J connectivity index is 4.56. The Hall–Kier alpha value is -0.700. The van der Waals surface area contributed by atoms with E-state index in [-0.39, 0.29) is 19.7 Å². The summed E-state index contributed by atoms with van der Waals surface area (Å²) in [6.07, 6.45) is 0. The van der Waals surface area contributed by atoms with E-state index in [1.807, 2.05) is 0 Å². The van der Waals surface area contributed by atoms with Crippen LogP contribution in [0.2, 0.25) is 0 Å². The molecule has 4 N–H and O–H groups in total. The van der Waals surface area contributed by atoms with Crippen LogP contribution < -0.4 is 5.73 Å². The Morgan fingerprint density at radius 2 is 2.07 bits per heavy atom. The van der Waals surface area contributed by atoms with Gasteiger partial charge in [0, 0.05) is 6.54 Å². The minimum absolute atomic E-state index is 0.0517. The molecule has 1 unspecified atom stereocenters. The fourth-order valence-corrected chi connectivity index (χ4v) is 1.46. The molecule has 0 bridgehead atoms. The second-order valence-electron chi connectivity index (χ2n) is 2.77. The van der Waals surface area contributed by atoms with Crippen molar-refractivity contribution in [1.82, 2.24) is 4.90 Å². The highest BCUT2D eigenvalue weighted by Crippen LogP contribution is 2.04. The van der Waals surface area contributed by atoms with Crippen LogP contribution in [0.3, 0.4) is 0 Å². The number of nitrogens with two attached hydrogens (primary N) is 1. The number of carbonyl (C=O) groups excluding carboxylic acids is 1. The Bertz CT molecular complexity index is 289. The normalized spacial score (nSPS) is 14.3. The molecular weight excluding hydrogens is 212 g/mol. The van der Waals surface area contributed by atoms with E-state index in [0.29, 0.717) is 0 Å². The third-order valence-electron chi connectivity index (χ3n) is 1.69. The van der Waals surface area contributed by atoms with E-state index < -0.39 is 21.4 Å². The summed E-state index contributed by atoms with van der Waals surface area (Å²) in [5.74, 6) is -0.728. The Kier molecular flexibility index (Phi) is 4.99. The van der Waals surface area contributed by atoms with Crippen LogP contribution in [-0.2, 0) is 14.9 Å². The van der Waals surface area contributed by atoms with Crippen LogP contribution >= 0.6 is 0 Å². The summed E-state index contributed by atoms with van der Waals surface area (Å²) in [5.41, 5.74) is 4.87. The van der Waals surface area contributed by atoms with E-state index >= 15 is 0 Å². The zero-order chi connectivity index (χ0) is 11.4. The molecule has 0 fully saturated rings. The fourth-order valence-electron chi connectivity index (χ4n) is 0.906. The quantitative estimate of drug-likeness (QED) is 0.450. The van der Waals surface area contributed by atoms with E-state index in [1.165, 1.54) is 6.92 Å². The van der Waals surface area contributed by atoms with E-state index in [1.54, 1.807) is 0 Å². The van der Waals surface area contributed by atoms with Crippen molar-refractivity contribution >= 4 is 16.0 Å².